The molecule has 0 bridgehead atoms. The monoisotopic (exact) mass is 388 g/mol. The fourth-order valence-electron chi connectivity index (χ4n) is 2.23. The van der Waals surface area contributed by atoms with E-state index in [9.17, 15) is 4.79 Å². The summed E-state index contributed by atoms with van der Waals surface area (Å²) in [6.07, 6.45) is 0. The molecule has 1 amide bonds. The molecule has 1 atom stereocenters. The third kappa shape index (κ3) is 4.82. The van der Waals surface area contributed by atoms with Gasteiger partial charge in [-0.3, -0.25) is 4.79 Å². The molecule has 0 unspecified atom stereocenters. The van der Waals surface area contributed by atoms with Crippen LogP contribution in [0.4, 0.5) is 5.69 Å². The number of hydrogen-bond donors (Lipinski definition) is 2. The predicted molar refractivity (Wildman–Crippen MR) is 95.7 cm³/mol. The van der Waals surface area contributed by atoms with Crippen molar-refractivity contribution in [1.29, 1.82) is 5.26 Å². The summed E-state index contributed by atoms with van der Waals surface area (Å²) >= 11 is 3.47. The molecule has 0 spiro atoms. The number of methoxy groups -OCH3 is 1. The summed E-state index contributed by atoms with van der Waals surface area (Å²) in [6, 6.07) is 14.9. The molecule has 0 heterocycles. The number of amides is 1. The van der Waals surface area contributed by atoms with Gasteiger partial charge in [-0.15, -0.1) is 0 Å². The van der Waals surface area contributed by atoms with Gasteiger partial charge in [0.15, 0.2) is 6.54 Å². The topological polar surface area (TPSA) is 78.7 Å². The van der Waals surface area contributed by atoms with Crippen LogP contribution in [0.3, 0.4) is 0 Å². The van der Waals surface area contributed by atoms with Crippen LogP contribution in [0, 0.1) is 11.3 Å². The molecule has 0 aliphatic carbocycles. The molecule has 124 valence electrons. The molecule has 0 saturated heterocycles. The SMILES string of the molecule is COc1ccc([C@@H](C)[NH2+]CC(=O)Nc2ccc(C#N)cc2)cc1Br. The smallest absolute Gasteiger partial charge is 0.279 e. The maximum atomic E-state index is 12.0. The molecule has 2 rings (SSSR count). The number of rotatable bonds is 6. The standard InChI is InChI=1S/C18H18BrN3O2/c1-12(14-5-8-17(24-2)16(19)9-14)21-11-18(23)22-15-6-3-13(10-20)4-7-15/h3-9,12,21H,11H2,1-2H3,(H,22,23)/p+1/t12-/m1/s1. The summed E-state index contributed by atoms with van der Waals surface area (Å²) in [5, 5.41) is 13.5. The van der Waals surface area contributed by atoms with Crippen LogP contribution < -0.4 is 15.4 Å². The van der Waals surface area contributed by atoms with E-state index in [2.05, 4.69) is 21.2 Å². The van der Waals surface area contributed by atoms with E-state index >= 15 is 0 Å². The van der Waals surface area contributed by atoms with E-state index in [0.717, 1.165) is 15.8 Å². The van der Waals surface area contributed by atoms with Gasteiger partial charge in [0.25, 0.3) is 5.91 Å². The minimum atomic E-state index is -0.0841. The Hall–Kier alpha value is -2.36. The average molecular weight is 389 g/mol. The van der Waals surface area contributed by atoms with Gasteiger partial charge in [0, 0.05) is 11.3 Å². The normalized spacial score (nSPS) is 11.4. The predicted octanol–water partition coefficient (Wildman–Crippen LogP) is 2.59. The number of hydrogen-bond acceptors (Lipinski definition) is 3. The molecule has 0 fully saturated rings. The van der Waals surface area contributed by atoms with Crippen molar-refractivity contribution >= 4 is 27.5 Å². The molecule has 2 aromatic carbocycles. The number of nitrogens with two attached hydrogens (primary N) is 1. The van der Waals surface area contributed by atoms with Gasteiger partial charge in [-0.2, -0.15) is 5.26 Å². The van der Waals surface area contributed by atoms with Crippen molar-refractivity contribution in [3.05, 3.63) is 58.1 Å². The molecular weight excluding hydrogens is 370 g/mol. The first-order valence-electron chi connectivity index (χ1n) is 7.50. The number of benzene rings is 2. The number of ether oxygens (including phenoxy) is 1. The van der Waals surface area contributed by atoms with E-state index in [1.54, 1.807) is 31.4 Å². The van der Waals surface area contributed by atoms with Crippen LogP contribution in [0.2, 0.25) is 0 Å². The Kier molecular flexibility index (Phi) is 6.36. The number of carbonyl (C=O) groups excluding carboxylic acids is 1. The Morgan fingerprint density at radius 3 is 2.62 bits per heavy atom. The molecular formula is C18H19BrN3O2+. The summed E-state index contributed by atoms with van der Waals surface area (Å²) in [6.45, 7) is 2.36. The van der Waals surface area contributed by atoms with Crippen LogP contribution in [0.25, 0.3) is 0 Å². The zero-order valence-electron chi connectivity index (χ0n) is 13.5. The number of carbonyl (C=O) groups is 1. The van der Waals surface area contributed by atoms with Crippen LogP contribution >= 0.6 is 15.9 Å². The number of quaternary nitrogens is 1. The molecule has 0 aromatic heterocycles. The Morgan fingerprint density at radius 1 is 1.33 bits per heavy atom. The Labute approximate surface area is 149 Å². The van der Waals surface area contributed by atoms with Gasteiger partial charge in [-0.25, -0.2) is 0 Å². The van der Waals surface area contributed by atoms with Crippen LogP contribution in [0.15, 0.2) is 46.9 Å². The zero-order chi connectivity index (χ0) is 17.5. The summed E-state index contributed by atoms with van der Waals surface area (Å²) < 4.78 is 6.11. The fourth-order valence-corrected chi connectivity index (χ4v) is 2.78. The van der Waals surface area contributed by atoms with Gasteiger partial charge in [0.05, 0.1) is 23.2 Å². The Bertz CT molecular complexity index is 754. The fraction of sp³-hybridized carbons (Fsp3) is 0.222. The van der Waals surface area contributed by atoms with Crippen molar-refractivity contribution in [1.82, 2.24) is 0 Å². The lowest BCUT2D eigenvalue weighted by Crippen LogP contribution is -2.86. The third-order valence-corrected chi connectivity index (χ3v) is 4.28. The van der Waals surface area contributed by atoms with Crippen LogP contribution in [-0.2, 0) is 4.79 Å². The Balaban J connectivity index is 1.88. The van der Waals surface area contributed by atoms with Gasteiger partial charge in [0.1, 0.15) is 11.8 Å². The van der Waals surface area contributed by atoms with Crippen molar-refractivity contribution in [3.63, 3.8) is 0 Å². The van der Waals surface area contributed by atoms with E-state index in [1.807, 2.05) is 36.5 Å². The lowest BCUT2D eigenvalue weighted by atomic mass is 10.1. The third-order valence-electron chi connectivity index (χ3n) is 3.66. The highest BCUT2D eigenvalue weighted by atomic mass is 79.9. The van der Waals surface area contributed by atoms with E-state index in [0.29, 0.717) is 17.8 Å². The highest BCUT2D eigenvalue weighted by molar-refractivity contribution is 9.10. The molecule has 0 aliphatic heterocycles. The molecule has 0 saturated carbocycles. The molecule has 6 heteroatoms. The Morgan fingerprint density at radius 2 is 2.04 bits per heavy atom. The van der Waals surface area contributed by atoms with Crippen LogP contribution in [-0.4, -0.2) is 19.6 Å². The second-order valence-electron chi connectivity index (χ2n) is 5.36. The molecule has 3 N–H and O–H groups in total. The van der Waals surface area contributed by atoms with E-state index < -0.39 is 0 Å². The average Bonchev–Trinajstić information content (AvgIpc) is 2.60. The number of nitrogens with one attached hydrogen (secondary N) is 1. The number of halogens is 1. The molecule has 0 aliphatic rings. The minimum absolute atomic E-state index is 0.0841. The van der Waals surface area contributed by atoms with Crippen molar-refractivity contribution in [3.8, 4) is 11.8 Å². The minimum Gasteiger partial charge on any atom is -0.496 e. The van der Waals surface area contributed by atoms with Crippen LogP contribution in [0.1, 0.15) is 24.1 Å². The maximum Gasteiger partial charge on any atom is 0.279 e. The zero-order valence-corrected chi connectivity index (χ0v) is 15.1. The van der Waals surface area contributed by atoms with Gasteiger partial charge in [-0.05, 0) is 65.3 Å². The summed E-state index contributed by atoms with van der Waals surface area (Å²) in [7, 11) is 1.63. The quantitative estimate of drug-likeness (QED) is 0.797. The summed E-state index contributed by atoms with van der Waals surface area (Å²) in [5.74, 6) is 0.698. The van der Waals surface area contributed by atoms with Crippen molar-refractivity contribution in [2.24, 2.45) is 0 Å². The lowest BCUT2D eigenvalue weighted by molar-refractivity contribution is -0.682. The first kappa shape index (κ1) is 18.0. The lowest BCUT2D eigenvalue weighted by Gasteiger charge is -2.13. The summed E-state index contributed by atoms with van der Waals surface area (Å²) in [5.41, 5.74) is 2.36. The van der Waals surface area contributed by atoms with Gasteiger partial charge < -0.3 is 15.4 Å². The maximum absolute atomic E-state index is 12.0. The van der Waals surface area contributed by atoms with Crippen molar-refractivity contribution < 1.29 is 14.8 Å². The van der Waals surface area contributed by atoms with E-state index in [1.165, 1.54) is 0 Å². The highest BCUT2D eigenvalue weighted by Gasteiger charge is 2.13. The number of anilines is 1. The van der Waals surface area contributed by atoms with Crippen molar-refractivity contribution in [2.75, 3.05) is 19.0 Å². The largest absolute Gasteiger partial charge is 0.496 e. The summed E-state index contributed by atoms with van der Waals surface area (Å²) in [4.78, 5) is 12.0. The molecule has 0 radical (unpaired) electrons. The first-order valence-corrected chi connectivity index (χ1v) is 8.29. The van der Waals surface area contributed by atoms with Gasteiger partial charge >= 0.3 is 0 Å². The molecule has 2 aromatic rings. The van der Waals surface area contributed by atoms with E-state index in [4.69, 9.17) is 10.00 Å². The van der Waals surface area contributed by atoms with Gasteiger partial charge in [-0.1, -0.05) is 0 Å². The number of nitrogens with zero attached hydrogens (tertiary/aromatic N) is 1. The van der Waals surface area contributed by atoms with E-state index in [-0.39, 0.29) is 11.9 Å². The first-order chi connectivity index (χ1) is 11.5. The molecule has 24 heavy (non-hydrogen) atoms. The van der Waals surface area contributed by atoms with Gasteiger partial charge in [0.2, 0.25) is 0 Å². The van der Waals surface area contributed by atoms with Crippen molar-refractivity contribution in [2.45, 2.75) is 13.0 Å². The number of nitriles is 1. The second kappa shape index (κ2) is 8.48. The highest BCUT2D eigenvalue weighted by Crippen LogP contribution is 2.27. The molecule has 5 nitrogen and oxygen atoms in total. The van der Waals surface area contributed by atoms with Crippen LogP contribution in [0.5, 0.6) is 5.75 Å². The second-order valence-corrected chi connectivity index (χ2v) is 6.21.